The average Bonchev–Trinajstić information content (AvgIpc) is 2.96. The average molecular weight is 299 g/mol. The molecular formula is C15H22FNO2S. The second kappa shape index (κ2) is 8.62. The van der Waals surface area contributed by atoms with Crippen LogP contribution < -0.4 is 5.32 Å². The number of hydrogen-bond donors (Lipinski definition) is 1. The first-order valence-corrected chi connectivity index (χ1v) is 8.01. The normalized spacial score (nSPS) is 18.6. The minimum atomic E-state index is -0.140. The number of ether oxygens (including phenoxy) is 2. The van der Waals surface area contributed by atoms with Crippen LogP contribution >= 0.6 is 11.8 Å². The zero-order valence-corrected chi connectivity index (χ0v) is 12.7. The molecule has 1 aliphatic heterocycles. The third-order valence-electron chi connectivity index (χ3n) is 3.28. The van der Waals surface area contributed by atoms with Gasteiger partial charge in [0.1, 0.15) is 5.82 Å². The SMILES string of the molecule is COCCNCc1cccc(F)c1SCC1CCCO1. The number of rotatable bonds is 8. The molecule has 1 heterocycles. The van der Waals surface area contributed by atoms with Crippen LogP contribution in [-0.2, 0) is 16.0 Å². The highest BCUT2D eigenvalue weighted by atomic mass is 32.2. The van der Waals surface area contributed by atoms with Gasteiger partial charge in [-0.2, -0.15) is 0 Å². The lowest BCUT2D eigenvalue weighted by atomic mass is 10.2. The van der Waals surface area contributed by atoms with Crippen molar-refractivity contribution in [3.8, 4) is 0 Å². The van der Waals surface area contributed by atoms with Gasteiger partial charge in [-0.15, -0.1) is 11.8 Å². The second-order valence-electron chi connectivity index (χ2n) is 4.84. The van der Waals surface area contributed by atoms with Crippen LogP contribution in [0.4, 0.5) is 4.39 Å². The maximum atomic E-state index is 14.0. The molecule has 112 valence electrons. The molecule has 0 saturated carbocycles. The van der Waals surface area contributed by atoms with Gasteiger partial charge >= 0.3 is 0 Å². The van der Waals surface area contributed by atoms with Crippen LogP contribution in [0.15, 0.2) is 23.1 Å². The summed E-state index contributed by atoms with van der Waals surface area (Å²) in [6.07, 6.45) is 2.48. The number of methoxy groups -OCH3 is 1. The fraction of sp³-hybridized carbons (Fsp3) is 0.600. The monoisotopic (exact) mass is 299 g/mol. The van der Waals surface area contributed by atoms with Crippen molar-refractivity contribution < 1.29 is 13.9 Å². The molecule has 1 aromatic carbocycles. The highest BCUT2D eigenvalue weighted by Crippen LogP contribution is 2.29. The standard InChI is InChI=1S/C15H22FNO2S/c1-18-9-7-17-10-12-4-2-6-14(16)15(12)20-11-13-5-3-8-19-13/h2,4,6,13,17H,3,5,7-11H2,1H3. The van der Waals surface area contributed by atoms with Crippen molar-refractivity contribution in [1.29, 1.82) is 0 Å². The Hall–Kier alpha value is -0.620. The van der Waals surface area contributed by atoms with Gasteiger partial charge in [0.2, 0.25) is 0 Å². The van der Waals surface area contributed by atoms with Gasteiger partial charge in [-0.3, -0.25) is 0 Å². The fourth-order valence-electron chi connectivity index (χ4n) is 2.20. The molecule has 0 aliphatic carbocycles. The van der Waals surface area contributed by atoms with E-state index in [0.29, 0.717) is 13.2 Å². The zero-order valence-electron chi connectivity index (χ0n) is 11.9. The highest BCUT2D eigenvalue weighted by Gasteiger charge is 2.17. The minimum Gasteiger partial charge on any atom is -0.383 e. The van der Waals surface area contributed by atoms with Gasteiger partial charge in [0, 0.05) is 37.5 Å². The van der Waals surface area contributed by atoms with E-state index in [1.807, 2.05) is 6.07 Å². The molecule has 1 saturated heterocycles. The Kier molecular flexibility index (Phi) is 6.79. The third-order valence-corrected chi connectivity index (χ3v) is 4.57. The highest BCUT2D eigenvalue weighted by molar-refractivity contribution is 7.99. The van der Waals surface area contributed by atoms with Crippen LogP contribution in [0.2, 0.25) is 0 Å². The molecule has 1 N–H and O–H groups in total. The van der Waals surface area contributed by atoms with E-state index in [2.05, 4.69) is 5.32 Å². The summed E-state index contributed by atoms with van der Waals surface area (Å²) in [5, 5.41) is 3.26. The Bertz CT molecular complexity index is 411. The Morgan fingerprint density at radius 1 is 1.50 bits per heavy atom. The Balaban J connectivity index is 1.90. The number of nitrogens with one attached hydrogen (secondary N) is 1. The molecular weight excluding hydrogens is 277 g/mol. The summed E-state index contributed by atoms with van der Waals surface area (Å²) in [7, 11) is 1.67. The summed E-state index contributed by atoms with van der Waals surface area (Å²) < 4.78 is 24.6. The first kappa shape index (κ1) is 15.8. The van der Waals surface area contributed by atoms with Crippen molar-refractivity contribution in [2.75, 3.05) is 32.6 Å². The quantitative estimate of drug-likeness (QED) is 0.591. The van der Waals surface area contributed by atoms with Gasteiger partial charge in [0.05, 0.1) is 12.7 Å². The Morgan fingerprint density at radius 2 is 2.40 bits per heavy atom. The zero-order chi connectivity index (χ0) is 14.2. The molecule has 2 rings (SSSR count). The van der Waals surface area contributed by atoms with Gasteiger partial charge in [0.25, 0.3) is 0 Å². The van der Waals surface area contributed by atoms with Crippen molar-refractivity contribution in [1.82, 2.24) is 5.32 Å². The first-order chi connectivity index (χ1) is 9.81. The summed E-state index contributed by atoms with van der Waals surface area (Å²) in [6.45, 7) is 2.93. The number of benzene rings is 1. The lowest BCUT2D eigenvalue weighted by molar-refractivity contribution is 0.129. The molecule has 1 aromatic rings. The largest absolute Gasteiger partial charge is 0.383 e. The molecule has 0 spiro atoms. The van der Waals surface area contributed by atoms with Gasteiger partial charge in [-0.25, -0.2) is 4.39 Å². The summed E-state index contributed by atoms with van der Waals surface area (Å²) >= 11 is 1.56. The van der Waals surface area contributed by atoms with E-state index in [9.17, 15) is 4.39 Å². The van der Waals surface area contributed by atoms with E-state index in [0.717, 1.165) is 42.2 Å². The van der Waals surface area contributed by atoms with Crippen LogP contribution in [0.1, 0.15) is 18.4 Å². The van der Waals surface area contributed by atoms with Crippen molar-refractivity contribution >= 4 is 11.8 Å². The topological polar surface area (TPSA) is 30.5 Å². The third kappa shape index (κ3) is 4.74. The lowest BCUT2D eigenvalue weighted by Gasteiger charge is -2.13. The van der Waals surface area contributed by atoms with Crippen LogP contribution in [0.3, 0.4) is 0 Å². The van der Waals surface area contributed by atoms with E-state index in [-0.39, 0.29) is 11.9 Å². The molecule has 0 amide bonds. The van der Waals surface area contributed by atoms with Crippen LogP contribution in [0.5, 0.6) is 0 Å². The molecule has 3 nitrogen and oxygen atoms in total. The van der Waals surface area contributed by atoms with Gasteiger partial charge in [-0.05, 0) is 24.5 Å². The maximum Gasteiger partial charge on any atom is 0.137 e. The molecule has 5 heteroatoms. The second-order valence-corrected chi connectivity index (χ2v) is 5.87. The van der Waals surface area contributed by atoms with Gasteiger partial charge in [0.15, 0.2) is 0 Å². The number of hydrogen-bond acceptors (Lipinski definition) is 4. The van der Waals surface area contributed by atoms with Crippen molar-refractivity contribution in [3.63, 3.8) is 0 Å². The van der Waals surface area contributed by atoms with Crippen LogP contribution in [0, 0.1) is 5.82 Å². The summed E-state index contributed by atoms with van der Waals surface area (Å²) in [5.41, 5.74) is 1.00. The van der Waals surface area contributed by atoms with Crippen molar-refractivity contribution in [3.05, 3.63) is 29.6 Å². The molecule has 0 bridgehead atoms. The van der Waals surface area contributed by atoms with E-state index < -0.39 is 0 Å². The lowest BCUT2D eigenvalue weighted by Crippen LogP contribution is -2.19. The van der Waals surface area contributed by atoms with Gasteiger partial charge < -0.3 is 14.8 Å². The maximum absolute atomic E-state index is 14.0. The molecule has 1 aliphatic rings. The summed E-state index contributed by atoms with van der Waals surface area (Å²) in [5.74, 6) is 0.686. The van der Waals surface area contributed by atoms with Crippen molar-refractivity contribution in [2.45, 2.75) is 30.4 Å². The van der Waals surface area contributed by atoms with E-state index in [4.69, 9.17) is 9.47 Å². The minimum absolute atomic E-state index is 0.140. The molecule has 1 fully saturated rings. The predicted molar refractivity (Wildman–Crippen MR) is 79.7 cm³/mol. The Labute approximate surface area is 124 Å². The van der Waals surface area contributed by atoms with Crippen LogP contribution in [-0.4, -0.2) is 38.7 Å². The fourth-order valence-corrected chi connectivity index (χ4v) is 3.35. The molecule has 1 atom stereocenters. The number of halogens is 1. The van der Waals surface area contributed by atoms with E-state index in [1.165, 1.54) is 6.07 Å². The van der Waals surface area contributed by atoms with E-state index >= 15 is 0 Å². The van der Waals surface area contributed by atoms with Crippen LogP contribution in [0.25, 0.3) is 0 Å². The van der Waals surface area contributed by atoms with Crippen molar-refractivity contribution in [2.24, 2.45) is 0 Å². The summed E-state index contributed by atoms with van der Waals surface area (Å²) in [6, 6.07) is 5.26. The predicted octanol–water partition coefficient (Wildman–Crippen LogP) is 2.83. The smallest absolute Gasteiger partial charge is 0.137 e. The Morgan fingerprint density at radius 3 is 3.15 bits per heavy atom. The molecule has 0 aromatic heterocycles. The molecule has 1 unspecified atom stereocenters. The molecule has 0 radical (unpaired) electrons. The summed E-state index contributed by atoms with van der Waals surface area (Å²) in [4.78, 5) is 0.743. The van der Waals surface area contributed by atoms with Gasteiger partial charge in [-0.1, -0.05) is 12.1 Å². The number of thioether (sulfide) groups is 1. The van der Waals surface area contributed by atoms with E-state index in [1.54, 1.807) is 24.9 Å². The first-order valence-electron chi connectivity index (χ1n) is 7.02. The molecule has 20 heavy (non-hydrogen) atoms.